The minimum atomic E-state index is -0.547. The summed E-state index contributed by atoms with van der Waals surface area (Å²) in [6.07, 6.45) is 10.8. The smallest absolute Gasteiger partial charge is 0.266 e. The zero-order valence-corrected chi connectivity index (χ0v) is 15.1. The maximum absolute atomic E-state index is 11.0. The summed E-state index contributed by atoms with van der Waals surface area (Å²) < 4.78 is 5.56. The van der Waals surface area contributed by atoms with Gasteiger partial charge in [-0.25, -0.2) is 4.99 Å². The fourth-order valence-corrected chi connectivity index (χ4v) is 3.90. The topological polar surface area (TPSA) is 67.9 Å². The van der Waals surface area contributed by atoms with Crippen molar-refractivity contribution < 1.29 is 9.53 Å². The molecule has 0 unspecified atom stereocenters. The maximum Gasteiger partial charge on any atom is 0.266 e. The molecule has 1 saturated heterocycles. The van der Waals surface area contributed by atoms with E-state index in [1.54, 1.807) is 13.0 Å². The van der Waals surface area contributed by atoms with Crippen molar-refractivity contribution >= 4 is 12.1 Å². The van der Waals surface area contributed by atoms with Crippen LogP contribution in [-0.2, 0) is 9.53 Å². The van der Waals surface area contributed by atoms with Crippen molar-refractivity contribution in [2.45, 2.75) is 45.4 Å². The highest BCUT2D eigenvalue weighted by molar-refractivity contribution is 5.94. The zero-order valence-electron chi connectivity index (χ0n) is 15.1. The third-order valence-electron chi connectivity index (χ3n) is 5.41. The number of amides is 1. The number of primary amides is 1. The normalized spacial score (nSPS) is 21.8. The molecule has 1 aliphatic heterocycles. The van der Waals surface area contributed by atoms with E-state index >= 15 is 0 Å². The van der Waals surface area contributed by atoms with E-state index in [0.29, 0.717) is 17.8 Å². The first-order chi connectivity index (χ1) is 11.4. The molecule has 1 spiro atoms. The van der Waals surface area contributed by atoms with Gasteiger partial charge in [0.15, 0.2) is 0 Å². The van der Waals surface area contributed by atoms with Gasteiger partial charge in [-0.3, -0.25) is 4.79 Å². The van der Waals surface area contributed by atoms with Crippen molar-refractivity contribution in [1.82, 2.24) is 4.90 Å². The number of hydrogen-bond donors (Lipinski definition) is 1. The van der Waals surface area contributed by atoms with Crippen LogP contribution in [0, 0.1) is 11.3 Å². The Morgan fingerprint density at radius 3 is 2.67 bits per heavy atom. The molecule has 2 N–H and O–H groups in total. The molecule has 1 saturated carbocycles. The van der Waals surface area contributed by atoms with Gasteiger partial charge >= 0.3 is 0 Å². The van der Waals surface area contributed by atoms with Crippen LogP contribution in [0.3, 0.4) is 0 Å². The SMILES string of the molecule is C=C(C=N/C(=C\C)C(N)=O)OCCCC1CC2(CCN(C)CC2)C1. The summed E-state index contributed by atoms with van der Waals surface area (Å²) in [5.41, 5.74) is 6.06. The molecular formula is C19H31N3O2. The first-order valence-corrected chi connectivity index (χ1v) is 8.94. The number of nitrogens with zero attached hydrogens (tertiary/aromatic N) is 2. The number of nitrogens with two attached hydrogens (primary N) is 1. The number of rotatable bonds is 8. The van der Waals surface area contributed by atoms with Gasteiger partial charge in [-0.2, -0.15) is 0 Å². The standard InChI is InChI=1S/C19H31N3O2/c1-4-17(18(20)23)21-14-15(2)24-11-5-6-16-12-19(13-16)7-9-22(3)10-8-19/h4,14,16H,2,5-13H2,1,3H3,(H2,20,23)/b17-4-,21-14?. The summed E-state index contributed by atoms with van der Waals surface area (Å²) in [6, 6.07) is 0. The second-order valence-corrected chi connectivity index (χ2v) is 7.33. The molecule has 2 rings (SSSR count). The van der Waals surface area contributed by atoms with Gasteiger partial charge in [0.2, 0.25) is 0 Å². The Morgan fingerprint density at radius 1 is 1.42 bits per heavy atom. The van der Waals surface area contributed by atoms with Crippen LogP contribution < -0.4 is 5.73 Å². The molecule has 2 fully saturated rings. The fraction of sp³-hybridized carbons (Fsp3) is 0.684. The van der Waals surface area contributed by atoms with E-state index < -0.39 is 5.91 Å². The van der Waals surface area contributed by atoms with Gasteiger partial charge in [0.25, 0.3) is 5.91 Å². The molecule has 0 aromatic carbocycles. The van der Waals surface area contributed by atoms with Gasteiger partial charge in [0, 0.05) is 0 Å². The summed E-state index contributed by atoms with van der Waals surface area (Å²) in [4.78, 5) is 17.5. The Balaban J connectivity index is 1.57. The molecule has 24 heavy (non-hydrogen) atoms. The third kappa shape index (κ3) is 5.20. The van der Waals surface area contributed by atoms with Crippen LogP contribution in [0.1, 0.15) is 45.4 Å². The number of aliphatic imine (C=N–C) groups is 1. The average molecular weight is 333 g/mol. The number of likely N-dealkylation sites (tertiary alicyclic amines) is 1. The monoisotopic (exact) mass is 333 g/mol. The summed E-state index contributed by atoms with van der Waals surface area (Å²) >= 11 is 0. The Kier molecular flexibility index (Phi) is 6.60. The van der Waals surface area contributed by atoms with Crippen LogP contribution in [0.2, 0.25) is 0 Å². The van der Waals surface area contributed by atoms with Crippen LogP contribution in [0.4, 0.5) is 0 Å². The molecule has 1 amide bonds. The average Bonchev–Trinajstić information content (AvgIpc) is 2.51. The van der Waals surface area contributed by atoms with E-state index in [1.807, 2.05) is 0 Å². The van der Waals surface area contributed by atoms with Gasteiger partial charge in [-0.15, -0.1) is 0 Å². The molecule has 0 aromatic rings. The van der Waals surface area contributed by atoms with Crippen molar-refractivity contribution in [3.8, 4) is 0 Å². The van der Waals surface area contributed by atoms with E-state index in [-0.39, 0.29) is 5.70 Å². The fourth-order valence-electron chi connectivity index (χ4n) is 3.90. The molecule has 0 bridgehead atoms. The van der Waals surface area contributed by atoms with Crippen LogP contribution in [0.5, 0.6) is 0 Å². The molecule has 1 heterocycles. The lowest BCUT2D eigenvalue weighted by atomic mass is 9.56. The number of carbonyl (C=O) groups is 1. The second kappa shape index (κ2) is 8.47. The van der Waals surface area contributed by atoms with Crippen molar-refractivity contribution in [2.24, 2.45) is 22.1 Å². The van der Waals surface area contributed by atoms with Crippen LogP contribution in [-0.4, -0.2) is 43.8 Å². The minimum absolute atomic E-state index is 0.220. The summed E-state index contributed by atoms with van der Waals surface area (Å²) in [7, 11) is 2.22. The van der Waals surface area contributed by atoms with Gasteiger partial charge in [0.1, 0.15) is 11.5 Å². The zero-order chi connectivity index (χ0) is 17.6. The lowest BCUT2D eigenvalue weighted by Crippen LogP contribution is -2.45. The molecule has 0 aromatic heterocycles. The number of ether oxygens (including phenoxy) is 1. The number of allylic oxidation sites excluding steroid dienone is 2. The minimum Gasteiger partial charge on any atom is -0.493 e. The lowest BCUT2D eigenvalue weighted by Gasteiger charge is -2.52. The van der Waals surface area contributed by atoms with Crippen LogP contribution >= 0.6 is 0 Å². The molecule has 5 heteroatoms. The quantitative estimate of drug-likeness (QED) is 0.321. The van der Waals surface area contributed by atoms with Crippen molar-refractivity contribution in [2.75, 3.05) is 26.7 Å². The van der Waals surface area contributed by atoms with E-state index in [2.05, 4.69) is 23.5 Å². The predicted molar refractivity (Wildman–Crippen MR) is 97.7 cm³/mol. The van der Waals surface area contributed by atoms with Crippen LogP contribution in [0.25, 0.3) is 0 Å². The van der Waals surface area contributed by atoms with E-state index in [1.165, 1.54) is 51.4 Å². The van der Waals surface area contributed by atoms with Gasteiger partial charge in [-0.1, -0.05) is 12.7 Å². The maximum atomic E-state index is 11.0. The Morgan fingerprint density at radius 2 is 2.08 bits per heavy atom. The Hall–Kier alpha value is -1.62. The molecule has 0 radical (unpaired) electrons. The summed E-state index contributed by atoms with van der Waals surface area (Å²) in [5, 5.41) is 0. The van der Waals surface area contributed by atoms with E-state index in [4.69, 9.17) is 10.5 Å². The molecule has 134 valence electrons. The van der Waals surface area contributed by atoms with Crippen LogP contribution in [0.15, 0.2) is 29.1 Å². The summed E-state index contributed by atoms with van der Waals surface area (Å²) in [5.74, 6) is 0.786. The molecular weight excluding hydrogens is 302 g/mol. The van der Waals surface area contributed by atoms with Gasteiger partial charge in [-0.05, 0) is 76.9 Å². The van der Waals surface area contributed by atoms with Crippen molar-refractivity contribution in [3.05, 3.63) is 24.1 Å². The predicted octanol–water partition coefficient (Wildman–Crippen LogP) is 2.88. The number of carbonyl (C=O) groups excluding carboxylic acids is 1. The first kappa shape index (κ1) is 18.7. The largest absolute Gasteiger partial charge is 0.493 e. The van der Waals surface area contributed by atoms with E-state index in [0.717, 1.165) is 12.3 Å². The highest BCUT2D eigenvalue weighted by Gasteiger charge is 2.44. The molecule has 2 aliphatic rings. The summed E-state index contributed by atoms with van der Waals surface area (Å²) in [6.45, 7) is 8.68. The highest BCUT2D eigenvalue weighted by Crippen LogP contribution is 2.53. The van der Waals surface area contributed by atoms with E-state index in [9.17, 15) is 4.79 Å². The Bertz CT molecular complexity index is 509. The molecule has 5 nitrogen and oxygen atoms in total. The molecule has 0 atom stereocenters. The second-order valence-electron chi connectivity index (χ2n) is 7.33. The third-order valence-corrected chi connectivity index (χ3v) is 5.41. The van der Waals surface area contributed by atoms with Gasteiger partial charge < -0.3 is 15.4 Å². The number of piperidine rings is 1. The lowest BCUT2D eigenvalue weighted by molar-refractivity contribution is -0.114. The Labute approximate surface area is 145 Å². The highest BCUT2D eigenvalue weighted by atomic mass is 16.5. The van der Waals surface area contributed by atoms with Gasteiger partial charge in [0.05, 0.1) is 12.8 Å². The molecule has 1 aliphatic carbocycles. The van der Waals surface area contributed by atoms with Crippen molar-refractivity contribution in [3.63, 3.8) is 0 Å². The van der Waals surface area contributed by atoms with Crippen molar-refractivity contribution in [1.29, 1.82) is 0 Å². The first-order valence-electron chi connectivity index (χ1n) is 8.94. The number of hydrogen-bond acceptors (Lipinski definition) is 4.